The van der Waals surface area contributed by atoms with Gasteiger partial charge in [0.15, 0.2) is 11.6 Å². The molecule has 0 aromatic heterocycles. The Morgan fingerprint density at radius 1 is 1.33 bits per heavy atom. The van der Waals surface area contributed by atoms with Gasteiger partial charge in [0.2, 0.25) is 0 Å². The summed E-state index contributed by atoms with van der Waals surface area (Å²) in [5.74, 6) is 6.40. The van der Waals surface area contributed by atoms with Crippen LogP contribution in [0.3, 0.4) is 0 Å². The number of benzene rings is 1. The summed E-state index contributed by atoms with van der Waals surface area (Å²) in [6.45, 7) is 4.44. The topological polar surface area (TPSA) is 47.3 Å². The zero-order valence-corrected chi connectivity index (χ0v) is 13.3. The van der Waals surface area contributed by atoms with E-state index in [9.17, 15) is 4.39 Å². The molecule has 4 heteroatoms. The Bertz CT molecular complexity index is 470. The molecule has 1 fully saturated rings. The Labute approximate surface area is 127 Å². The van der Waals surface area contributed by atoms with Crippen LogP contribution in [0, 0.1) is 17.2 Å². The van der Waals surface area contributed by atoms with Crippen LogP contribution in [-0.2, 0) is 0 Å². The molecule has 3 N–H and O–H groups in total. The third-order valence-electron chi connectivity index (χ3n) is 4.72. The maximum atomic E-state index is 14.7. The molecule has 0 heterocycles. The number of nitrogens with two attached hydrogens (primary N) is 1. The maximum Gasteiger partial charge on any atom is 0.169 e. The second kappa shape index (κ2) is 6.75. The summed E-state index contributed by atoms with van der Waals surface area (Å²) >= 11 is 0. The second-order valence-electron chi connectivity index (χ2n) is 6.63. The molecule has 1 aromatic rings. The van der Waals surface area contributed by atoms with E-state index >= 15 is 0 Å². The molecule has 1 unspecified atom stereocenters. The normalized spacial score (nSPS) is 19.0. The maximum absolute atomic E-state index is 14.7. The average Bonchev–Trinajstić information content (AvgIpc) is 2.90. The number of methoxy groups -OCH3 is 1. The largest absolute Gasteiger partial charge is 0.494 e. The van der Waals surface area contributed by atoms with Crippen LogP contribution in [0.2, 0.25) is 0 Å². The molecule has 0 spiro atoms. The predicted molar refractivity (Wildman–Crippen MR) is 83.4 cm³/mol. The van der Waals surface area contributed by atoms with Gasteiger partial charge in [-0.3, -0.25) is 11.3 Å². The highest BCUT2D eigenvalue weighted by Gasteiger charge is 2.43. The van der Waals surface area contributed by atoms with Gasteiger partial charge in [-0.1, -0.05) is 38.8 Å². The lowest BCUT2D eigenvalue weighted by molar-refractivity contribution is 0.152. The van der Waals surface area contributed by atoms with Crippen molar-refractivity contribution in [3.05, 3.63) is 29.6 Å². The molecule has 1 aliphatic rings. The van der Waals surface area contributed by atoms with Gasteiger partial charge in [-0.25, -0.2) is 4.39 Å². The van der Waals surface area contributed by atoms with Crippen molar-refractivity contribution in [2.24, 2.45) is 17.2 Å². The van der Waals surface area contributed by atoms with Crippen LogP contribution in [0.25, 0.3) is 0 Å². The van der Waals surface area contributed by atoms with Crippen LogP contribution in [-0.4, -0.2) is 7.11 Å². The molecule has 0 radical (unpaired) electrons. The number of ether oxygens (including phenoxy) is 1. The van der Waals surface area contributed by atoms with Gasteiger partial charge >= 0.3 is 0 Å². The summed E-state index contributed by atoms with van der Waals surface area (Å²) in [7, 11) is 1.49. The second-order valence-corrected chi connectivity index (χ2v) is 6.63. The van der Waals surface area contributed by atoms with Crippen LogP contribution >= 0.6 is 0 Å². The summed E-state index contributed by atoms with van der Waals surface area (Å²) in [6.07, 6.45) is 5.62. The first-order valence-electron chi connectivity index (χ1n) is 7.82. The fourth-order valence-electron chi connectivity index (χ4n) is 4.01. The predicted octanol–water partition coefficient (Wildman–Crippen LogP) is 3.95. The van der Waals surface area contributed by atoms with E-state index in [0.717, 1.165) is 19.3 Å². The molecule has 0 aliphatic heterocycles. The molecule has 21 heavy (non-hydrogen) atoms. The highest BCUT2D eigenvalue weighted by Crippen LogP contribution is 2.52. The van der Waals surface area contributed by atoms with Crippen molar-refractivity contribution in [3.63, 3.8) is 0 Å². The monoisotopic (exact) mass is 294 g/mol. The summed E-state index contributed by atoms with van der Waals surface area (Å²) in [4.78, 5) is 0. The van der Waals surface area contributed by atoms with Crippen molar-refractivity contribution in [2.75, 3.05) is 7.11 Å². The molecule has 0 bridgehead atoms. The molecular weight excluding hydrogens is 267 g/mol. The molecule has 2 rings (SSSR count). The molecule has 1 aliphatic carbocycles. The summed E-state index contributed by atoms with van der Waals surface area (Å²) in [5, 5.41) is 0. The Morgan fingerprint density at radius 2 is 2.00 bits per heavy atom. The van der Waals surface area contributed by atoms with E-state index in [-0.39, 0.29) is 23.0 Å². The summed E-state index contributed by atoms with van der Waals surface area (Å²) in [6, 6.07) is 5.14. The minimum Gasteiger partial charge on any atom is -0.494 e. The highest BCUT2D eigenvalue weighted by atomic mass is 19.1. The SMILES string of the molecule is COc1cccc(C(NN)C2(CC(C)C)CCCC2)c1F. The van der Waals surface area contributed by atoms with Crippen LogP contribution in [0.4, 0.5) is 4.39 Å². The molecule has 1 atom stereocenters. The first kappa shape index (κ1) is 16.2. The minimum absolute atomic E-state index is 0.0378. The van der Waals surface area contributed by atoms with Gasteiger partial charge in [0.25, 0.3) is 0 Å². The summed E-state index contributed by atoms with van der Waals surface area (Å²) in [5.41, 5.74) is 3.57. The number of hydrogen-bond donors (Lipinski definition) is 2. The van der Waals surface area contributed by atoms with Gasteiger partial charge in [0, 0.05) is 5.56 Å². The van der Waals surface area contributed by atoms with E-state index < -0.39 is 0 Å². The Hall–Kier alpha value is -1.13. The van der Waals surface area contributed by atoms with E-state index in [4.69, 9.17) is 10.6 Å². The highest BCUT2D eigenvalue weighted by molar-refractivity contribution is 5.34. The minimum atomic E-state index is -0.294. The molecule has 1 aromatic carbocycles. The molecule has 0 amide bonds. The van der Waals surface area contributed by atoms with Crippen molar-refractivity contribution >= 4 is 0 Å². The first-order valence-corrected chi connectivity index (χ1v) is 7.82. The molecule has 1 saturated carbocycles. The third kappa shape index (κ3) is 3.22. The zero-order chi connectivity index (χ0) is 15.5. The van der Waals surface area contributed by atoms with Gasteiger partial charge in [-0.2, -0.15) is 0 Å². The van der Waals surface area contributed by atoms with E-state index in [1.54, 1.807) is 6.07 Å². The van der Waals surface area contributed by atoms with Gasteiger partial charge in [0.05, 0.1) is 13.2 Å². The van der Waals surface area contributed by atoms with Gasteiger partial charge in [0.1, 0.15) is 0 Å². The van der Waals surface area contributed by atoms with Crippen LogP contribution in [0.5, 0.6) is 5.75 Å². The van der Waals surface area contributed by atoms with E-state index in [1.807, 2.05) is 12.1 Å². The average molecular weight is 294 g/mol. The van der Waals surface area contributed by atoms with Gasteiger partial charge in [-0.15, -0.1) is 0 Å². The van der Waals surface area contributed by atoms with Crippen LogP contribution in [0.15, 0.2) is 18.2 Å². The Kier molecular flexibility index (Phi) is 5.22. The lowest BCUT2D eigenvalue weighted by Gasteiger charge is -2.39. The molecule has 118 valence electrons. The quantitative estimate of drug-likeness (QED) is 0.617. The van der Waals surface area contributed by atoms with Crippen LogP contribution in [0.1, 0.15) is 57.6 Å². The number of hydrogen-bond acceptors (Lipinski definition) is 3. The van der Waals surface area contributed by atoms with Gasteiger partial charge in [-0.05, 0) is 36.7 Å². The molecule has 3 nitrogen and oxygen atoms in total. The fourth-order valence-corrected chi connectivity index (χ4v) is 4.01. The Balaban J connectivity index is 2.42. The number of rotatable bonds is 6. The van der Waals surface area contributed by atoms with E-state index in [2.05, 4.69) is 19.3 Å². The number of hydrazine groups is 1. The molecular formula is C17H27FN2O. The molecule has 0 saturated heterocycles. The fraction of sp³-hybridized carbons (Fsp3) is 0.647. The lowest BCUT2D eigenvalue weighted by atomic mass is 9.70. The standard InChI is InChI=1S/C17H27FN2O/c1-12(2)11-17(9-4-5-10-17)16(20-19)13-7-6-8-14(21-3)15(13)18/h6-8,12,16,20H,4-5,9-11,19H2,1-3H3. The van der Waals surface area contributed by atoms with Crippen molar-refractivity contribution in [2.45, 2.75) is 52.0 Å². The zero-order valence-electron chi connectivity index (χ0n) is 13.3. The first-order chi connectivity index (χ1) is 10.0. The third-order valence-corrected chi connectivity index (χ3v) is 4.72. The summed E-state index contributed by atoms with van der Waals surface area (Å²) < 4.78 is 19.8. The number of halogens is 1. The van der Waals surface area contributed by atoms with Gasteiger partial charge < -0.3 is 4.74 Å². The van der Waals surface area contributed by atoms with E-state index in [1.165, 1.54) is 20.0 Å². The Morgan fingerprint density at radius 3 is 2.52 bits per heavy atom. The van der Waals surface area contributed by atoms with Crippen molar-refractivity contribution in [3.8, 4) is 5.75 Å². The van der Waals surface area contributed by atoms with Crippen molar-refractivity contribution < 1.29 is 9.13 Å². The van der Waals surface area contributed by atoms with E-state index in [0.29, 0.717) is 11.5 Å². The smallest absolute Gasteiger partial charge is 0.169 e. The lowest BCUT2D eigenvalue weighted by Crippen LogP contribution is -2.41. The van der Waals surface area contributed by atoms with Crippen molar-refractivity contribution in [1.82, 2.24) is 5.43 Å². The van der Waals surface area contributed by atoms with Crippen LogP contribution < -0.4 is 16.0 Å². The number of nitrogens with one attached hydrogen (secondary N) is 1. The van der Waals surface area contributed by atoms with Crippen molar-refractivity contribution in [1.29, 1.82) is 0 Å².